The van der Waals surface area contributed by atoms with Gasteiger partial charge in [-0.2, -0.15) is 0 Å². The Kier molecular flexibility index (Phi) is 12.0. The number of hydroxylamine groups is 1. The molecule has 0 aliphatic heterocycles. The molecule has 1 atom stereocenters. The Morgan fingerprint density at radius 3 is 1.76 bits per heavy atom. The van der Waals surface area contributed by atoms with Gasteiger partial charge in [-0.3, -0.25) is 14.4 Å². The first-order chi connectivity index (χ1) is 21.7. The number of rotatable bonds is 14. The van der Waals surface area contributed by atoms with E-state index in [1.165, 1.54) is 0 Å². The minimum absolute atomic E-state index is 0.0603. The molecule has 0 saturated carbocycles. The zero-order chi connectivity index (χ0) is 32.1. The second-order valence-corrected chi connectivity index (χ2v) is 12.1. The van der Waals surface area contributed by atoms with Gasteiger partial charge < -0.3 is 9.47 Å². The number of amides is 1. The molecule has 0 aromatic heterocycles. The Labute approximate surface area is 265 Å². The lowest BCUT2D eigenvalue weighted by Gasteiger charge is -2.22. The number of hydrogen-bond acceptors (Lipinski definition) is 6. The molecule has 1 unspecified atom stereocenters. The molecule has 7 heteroatoms. The summed E-state index contributed by atoms with van der Waals surface area (Å²) < 4.78 is 11.3. The van der Waals surface area contributed by atoms with Crippen LogP contribution in [-0.4, -0.2) is 17.8 Å². The van der Waals surface area contributed by atoms with Gasteiger partial charge in [0.25, 0.3) is 0 Å². The van der Waals surface area contributed by atoms with Crippen molar-refractivity contribution in [1.82, 2.24) is 5.48 Å². The molecule has 7 nitrogen and oxygen atoms in total. The number of esters is 2. The maximum absolute atomic E-state index is 13.4. The minimum atomic E-state index is -0.628. The van der Waals surface area contributed by atoms with Gasteiger partial charge in [0, 0.05) is 6.42 Å². The smallest absolute Gasteiger partial charge is 0.338 e. The highest BCUT2D eigenvalue weighted by atomic mass is 16.6. The van der Waals surface area contributed by atoms with Crippen molar-refractivity contribution in [3.05, 3.63) is 143 Å². The Bertz CT molecular complexity index is 1530. The van der Waals surface area contributed by atoms with Crippen LogP contribution in [0, 0.1) is 5.92 Å². The van der Waals surface area contributed by atoms with Gasteiger partial charge in [0.2, 0.25) is 5.91 Å². The van der Waals surface area contributed by atoms with Crippen LogP contribution in [0.5, 0.6) is 0 Å². The van der Waals surface area contributed by atoms with E-state index in [4.69, 9.17) is 14.3 Å². The molecule has 0 aliphatic rings. The van der Waals surface area contributed by atoms with Crippen molar-refractivity contribution in [3.63, 3.8) is 0 Å². The molecule has 0 heterocycles. The molecular formula is C38H41NO6. The van der Waals surface area contributed by atoms with Crippen molar-refractivity contribution in [2.45, 2.75) is 65.3 Å². The first-order valence-corrected chi connectivity index (χ1v) is 15.2. The molecular weight excluding hydrogens is 566 g/mol. The monoisotopic (exact) mass is 607 g/mol. The van der Waals surface area contributed by atoms with Crippen molar-refractivity contribution in [2.24, 2.45) is 5.92 Å². The molecule has 0 spiro atoms. The molecule has 4 rings (SSSR count). The molecule has 0 saturated heterocycles. The van der Waals surface area contributed by atoms with Gasteiger partial charge in [0.05, 0.1) is 18.1 Å². The van der Waals surface area contributed by atoms with E-state index in [0.717, 1.165) is 27.8 Å². The Hall–Kier alpha value is -4.75. The van der Waals surface area contributed by atoms with Crippen LogP contribution in [0.2, 0.25) is 0 Å². The summed E-state index contributed by atoms with van der Waals surface area (Å²) in [6, 6.07) is 34.1. The average molecular weight is 608 g/mol. The van der Waals surface area contributed by atoms with E-state index < -0.39 is 17.9 Å². The second kappa shape index (κ2) is 16.4. The number of nitrogens with one attached hydrogen (secondary N) is 1. The summed E-state index contributed by atoms with van der Waals surface area (Å²) in [7, 11) is 0. The molecule has 1 N–H and O–H groups in total. The fourth-order valence-corrected chi connectivity index (χ4v) is 4.73. The van der Waals surface area contributed by atoms with E-state index in [0.29, 0.717) is 5.56 Å². The third-order valence-corrected chi connectivity index (χ3v) is 7.33. The van der Waals surface area contributed by atoms with Gasteiger partial charge in [0.15, 0.2) is 0 Å². The van der Waals surface area contributed by atoms with Gasteiger partial charge in [-0.15, -0.1) is 0 Å². The number of carbonyl (C=O) groups is 3. The highest BCUT2D eigenvalue weighted by Crippen LogP contribution is 2.27. The van der Waals surface area contributed by atoms with E-state index in [-0.39, 0.29) is 50.4 Å². The summed E-state index contributed by atoms with van der Waals surface area (Å²) in [6.45, 7) is 6.72. The van der Waals surface area contributed by atoms with Crippen LogP contribution in [-0.2, 0) is 55.6 Å². The lowest BCUT2D eigenvalue weighted by molar-refractivity contribution is -0.150. The second-order valence-electron chi connectivity index (χ2n) is 12.1. The highest BCUT2D eigenvalue weighted by molar-refractivity contribution is 5.90. The van der Waals surface area contributed by atoms with Gasteiger partial charge in [-0.1, -0.05) is 118 Å². The quantitative estimate of drug-likeness (QED) is 0.120. The van der Waals surface area contributed by atoms with E-state index in [1.807, 2.05) is 103 Å². The Morgan fingerprint density at radius 2 is 1.20 bits per heavy atom. The molecule has 4 aromatic rings. The lowest BCUT2D eigenvalue weighted by atomic mass is 9.83. The van der Waals surface area contributed by atoms with E-state index >= 15 is 0 Å². The van der Waals surface area contributed by atoms with Crippen LogP contribution in [0.3, 0.4) is 0 Å². The topological polar surface area (TPSA) is 90.9 Å². The third kappa shape index (κ3) is 11.0. The maximum Gasteiger partial charge on any atom is 0.338 e. The van der Waals surface area contributed by atoms with Gasteiger partial charge >= 0.3 is 11.9 Å². The largest absolute Gasteiger partial charge is 0.461 e. The van der Waals surface area contributed by atoms with Crippen LogP contribution < -0.4 is 5.48 Å². The van der Waals surface area contributed by atoms with E-state index in [1.54, 1.807) is 6.07 Å². The first kappa shape index (κ1) is 33.1. The van der Waals surface area contributed by atoms with Crippen LogP contribution in [0.4, 0.5) is 0 Å². The Morgan fingerprint density at radius 1 is 0.667 bits per heavy atom. The summed E-state index contributed by atoms with van der Waals surface area (Å²) in [4.78, 5) is 44.6. The summed E-state index contributed by atoms with van der Waals surface area (Å²) >= 11 is 0. The van der Waals surface area contributed by atoms with Crippen LogP contribution in [0.15, 0.2) is 109 Å². The lowest BCUT2D eigenvalue weighted by Crippen LogP contribution is -2.27. The molecule has 4 aromatic carbocycles. The number of carbonyl (C=O) groups excluding carboxylic acids is 3. The van der Waals surface area contributed by atoms with Crippen LogP contribution >= 0.6 is 0 Å². The third-order valence-electron chi connectivity index (χ3n) is 7.33. The van der Waals surface area contributed by atoms with Crippen molar-refractivity contribution in [2.75, 3.05) is 0 Å². The standard InChI is InChI=1S/C38H41NO6/c1-38(2,3)34-23-31(22-33(24-34)37(42)44-26-29-15-9-5-10-16-29)21-32(36(41)43-25-28-13-7-4-8-14-28)19-20-35(40)39-45-27-30-17-11-6-12-18-30/h4-18,22-24,32H,19-21,25-27H2,1-3H3,(H,39,40). The fraction of sp³-hybridized carbons (Fsp3) is 0.289. The normalized spacial score (nSPS) is 11.8. The summed E-state index contributed by atoms with van der Waals surface area (Å²) in [5, 5.41) is 0. The molecule has 45 heavy (non-hydrogen) atoms. The van der Waals surface area contributed by atoms with Crippen molar-refractivity contribution in [1.29, 1.82) is 0 Å². The molecule has 0 bridgehead atoms. The highest BCUT2D eigenvalue weighted by Gasteiger charge is 2.25. The predicted molar refractivity (Wildman–Crippen MR) is 173 cm³/mol. The molecule has 0 aliphatic carbocycles. The molecule has 0 radical (unpaired) electrons. The number of hydrogen-bond donors (Lipinski definition) is 1. The number of ether oxygens (including phenoxy) is 2. The van der Waals surface area contributed by atoms with Gasteiger partial charge in [-0.25, -0.2) is 10.3 Å². The number of benzene rings is 4. The molecule has 1 amide bonds. The predicted octanol–water partition coefficient (Wildman–Crippen LogP) is 7.27. The summed E-state index contributed by atoms with van der Waals surface area (Å²) in [5.74, 6) is -1.81. The minimum Gasteiger partial charge on any atom is -0.461 e. The summed E-state index contributed by atoms with van der Waals surface area (Å²) in [5.41, 5.74) is 7.05. The summed E-state index contributed by atoms with van der Waals surface area (Å²) in [6.07, 6.45) is 0.584. The van der Waals surface area contributed by atoms with Crippen LogP contribution in [0.25, 0.3) is 0 Å². The van der Waals surface area contributed by atoms with Gasteiger partial charge in [-0.05, 0) is 58.2 Å². The van der Waals surface area contributed by atoms with Crippen molar-refractivity contribution < 1.29 is 28.7 Å². The zero-order valence-corrected chi connectivity index (χ0v) is 26.2. The fourth-order valence-electron chi connectivity index (χ4n) is 4.73. The van der Waals surface area contributed by atoms with E-state index in [2.05, 4.69) is 26.3 Å². The van der Waals surface area contributed by atoms with E-state index in [9.17, 15) is 14.4 Å². The van der Waals surface area contributed by atoms with Gasteiger partial charge in [0.1, 0.15) is 13.2 Å². The van der Waals surface area contributed by atoms with Crippen molar-refractivity contribution >= 4 is 17.8 Å². The maximum atomic E-state index is 13.4. The first-order valence-electron chi connectivity index (χ1n) is 15.2. The Balaban J connectivity index is 1.47. The van der Waals surface area contributed by atoms with Crippen molar-refractivity contribution in [3.8, 4) is 0 Å². The molecule has 0 fully saturated rings. The SMILES string of the molecule is CC(C)(C)c1cc(CC(CCC(=O)NOCc2ccccc2)C(=O)OCc2ccccc2)cc(C(=O)OCc2ccccc2)c1. The van der Waals surface area contributed by atoms with Crippen LogP contribution in [0.1, 0.15) is 71.8 Å². The average Bonchev–Trinajstić information content (AvgIpc) is 3.05. The molecule has 234 valence electrons. The zero-order valence-electron chi connectivity index (χ0n) is 26.2.